The molecule has 0 unspecified atom stereocenters. The maximum Gasteiger partial charge on any atom is 0.287 e. The van der Waals surface area contributed by atoms with Crippen molar-refractivity contribution in [3.8, 4) is 0 Å². The molecule has 0 aliphatic heterocycles. The second kappa shape index (κ2) is 8.84. The number of amides is 1. The van der Waals surface area contributed by atoms with Crippen molar-refractivity contribution in [3.63, 3.8) is 0 Å². The monoisotopic (exact) mass is 506 g/mol. The third-order valence-electron chi connectivity index (χ3n) is 4.32. The van der Waals surface area contributed by atoms with Gasteiger partial charge >= 0.3 is 0 Å². The van der Waals surface area contributed by atoms with E-state index < -0.39 is 15.9 Å². The van der Waals surface area contributed by atoms with Crippen molar-refractivity contribution < 1.29 is 13.2 Å². The molecule has 0 spiro atoms. The van der Waals surface area contributed by atoms with Gasteiger partial charge < -0.3 is 0 Å². The minimum atomic E-state index is -4.21. The zero-order valence-electron chi connectivity index (χ0n) is 16.2. The van der Waals surface area contributed by atoms with E-state index >= 15 is 0 Å². The van der Waals surface area contributed by atoms with Gasteiger partial charge in [-0.3, -0.25) is 9.48 Å². The average Bonchev–Trinajstić information content (AvgIpc) is 3.23. The van der Waals surface area contributed by atoms with Crippen molar-refractivity contribution >= 4 is 62.1 Å². The molecule has 3 rings (SSSR count). The molecule has 1 aromatic carbocycles. The lowest BCUT2D eigenvalue weighted by Crippen LogP contribution is -2.37. The summed E-state index contributed by atoms with van der Waals surface area (Å²) in [7, 11) is -2.68. The van der Waals surface area contributed by atoms with E-state index in [1.54, 1.807) is 25.1 Å². The Labute approximate surface area is 193 Å². The van der Waals surface area contributed by atoms with Crippen molar-refractivity contribution in [3.05, 3.63) is 60.7 Å². The van der Waals surface area contributed by atoms with Crippen LogP contribution in [-0.2, 0) is 23.5 Å². The van der Waals surface area contributed by atoms with E-state index in [0.717, 1.165) is 4.31 Å². The summed E-state index contributed by atoms with van der Waals surface area (Å²) in [5, 5.41) is 7.03. The maximum atomic E-state index is 13.1. The molecule has 1 amide bonds. The number of carbonyl (C=O) groups excluding carboxylic acids is 1. The first kappa shape index (κ1) is 23.0. The molecule has 0 aliphatic rings. The summed E-state index contributed by atoms with van der Waals surface area (Å²) in [5.74, 6) is -0.746. The van der Waals surface area contributed by atoms with Crippen molar-refractivity contribution in [2.45, 2.75) is 25.2 Å². The van der Waals surface area contributed by atoms with Crippen molar-refractivity contribution in [2.24, 2.45) is 7.05 Å². The molecule has 7 nitrogen and oxygen atoms in total. The Morgan fingerprint density at radius 1 is 1.23 bits per heavy atom. The molecule has 2 aromatic heterocycles. The van der Waals surface area contributed by atoms with Crippen LogP contribution in [0.5, 0.6) is 0 Å². The summed E-state index contributed by atoms with van der Waals surface area (Å²) in [6.45, 7) is 2.99. The molecule has 2 heterocycles. The summed E-state index contributed by atoms with van der Waals surface area (Å²) >= 11 is 19.7. The molecular formula is C18H17Cl3N4O3S2. The molecule has 0 saturated heterocycles. The van der Waals surface area contributed by atoms with Gasteiger partial charge in [-0.1, -0.05) is 40.9 Å². The van der Waals surface area contributed by atoms with E-state index in [1.165, 1.54) is 35.4 Å². The Kier molecular flexibility index (Phi) is 6.78. The Bertz CT molecular complexity index is 1200. The minimum absolute atomic E-state index is 0.0151. The van der Waals surface area contributed by atoms with Gasteiger partial charge in [-0.05, 0) is 31.5 Å². The molecule has 0 fully saturated rings. The van der Waals surface area contributed by atoms with Gasteiger partial charge in [0.1, 0.15) is 15.7 Å². The van der Waals surface area contributed by atoms with Gasteiger partial charge in [0.15, 0.2) is 0 Å². The first-order valence-corrected chi connectivity index (χ1v) is 12.2. The molecule has 0 atom stereocenters. The van der Waals surface area contributed by atoms with E-state index in [1.807, 2.05) is 0 Å². The number of hydrogen-bond donors (Lipinski definition) is 0. The van der Waals surface area contributed by atoms with E-state index in [4.69, 9.17) is 34.8 Å². The van der Waals surface area contributed by atoms with Crippen LogP contribution in [0.15, 0.2) is 28.5 Å². The van der Waals surface area contributed by atoms with Crippen molar-refractivity contribution in [1.29, 1.82) is 0 Å². The zero-order valence-corrected chi connectivity index (χ0v) is 20.1. The Morgan fingerprint density at radius 3 is 2.40 bits per heavy atom. The Balaban J connectivity index is 1.92. The smallest absolute Gasteiger partial charge is 0.266 e. The van der Waals surface area contributed by atoms with E-state index in [-0.39, 0.29) is 28.0 Å². The number of nitrogens with zero attached hydrogens (tertiary/aromatic N) is 4. The van der Waals surface area contributed by atoms with Crippen LogP contribution in [0, 0.1) is 6.92 Å². The van der Waals surface area contributed by atoms with Crippen molar-refractivity contribution in [1.82, 2.24) is 19.1 Å². The summed E-state index contributed by atoms with van der Waals surface area (Å²) in [5.41, 5.74) is 0.911. The van der Waals surface area contributed by atoms with Gasteiger partial charge in [0.05, 0.1) is 10.7 Å². The van der Waals surface area contributed by atoms with Gasteiger partial charge in [0.25, 0.3) is 15.9 Å². The highest BCUT2D eigenvalue weighted by Crippen LogP contribution is 2.30. The normalized spacial score (nSPS) is 11.7. The number of sulfonamides is 1. The highest BCUT2D eigenvalue weighted by molar-refractivity contribution is 7.89. The number of hydrogen-bond acceptors (Lipinski definition) is 6. The summed E-state index contributed by atoms with van der Waals surface area (Å²) in [6.07, 6.45) is 0.322. The van der Waals surface area contributed by atoms with Gasteiger partial charge in [0.2, 0.25) is 0 Å². The lowest BCUT2D eigenvalue weighted by molar-refractivity contribution is 0.0861. The topological polar surface area (TPSA) is 85.2 Å². The molecule has 0 aliphatic carbocycles. The summed E-state index contributed by atoms with van der Waals surface area (Å²) in [6, 6.07) is 5.17. The lowest BCUT2D eigenvalue weighted by atomic mass is 10.1. The van der Waals surface area contributed by atoms with E-state index in [0.29, 0.717) is 27.0 Å². The quantitative estimate of drug-likeness (QED) is 0.487. The number of benzene rings is 1. The lowest BCUT2D eigenvalue weighted by Gasteiger charge is -2.19. The fourth-order valence-electron chi connectivity index (χ4n) is 2.91. The molecule has 0 bridgehead atoms. The number of halogens is 3. The predicted octanol–water partition coefficient (Wildman–Crippen LogP) is 4.59. The molecule has 0 saturated carbocycles. The van der Waals surface area contributed by atoms with Crippen LogP contribution in [0.2, 0.25) is 15.2 Å². The predicted molar refractivity (Wildman–Crippen MR) is 118 cm³/mol. The molecule has 12 heteroatoms. The summed E-state index contributed by atoms with van der Waals surface area (Å²) in [4.78, 5) is 17.1. The molecule has 3 aromatic rings. The van der Waals surface area contributed by atoms with Crippen LogP contribution in [-0.4, -0.2) is 39.9 Å². The Morgan fingerprint density at radius 2 is 1.87 bits per heavy atom. The minimum Gasteiger partial charge on any atom is -0.266 e. The van der Waals surface area contributed by atoms with Gasteiger partial charge in [-0.15, -0.1) is 11.3 Å². The number of aryl methyl sites for hydroxylation is 2. The number of carbonyl (C=O) groups is 1. The third-order valence-corrected chi connectivity index (χ3v) is 8.43. The van der Waals surface area contributed by atoms with Gasteiger partial charge in [-0.2, -0.15) is 5.10 Å². The van der Waals surface area contributed by atoms with Crippen LogP contribution in [0.4, 0.5) is 0 Å². The average molecular weight is 508 g/mol. The van der Waals surface area contributed by atoms with Crippen LogP contribution >= 0.6 is 46.1 Å². The number of rotatable bonds is 6. The van der Waals surface area contributed by atoms with Crippen molar-refractivity contribution in [2.75, 3.05) is 6.54 Å². The maximum absolute atomic E-state index is 13.1. The highest BCUT2D eigenvalue weighted by atomic mass is 35.5. The largest absolute Gasteiger partial charge is 0.287 e. The van der Waals surface area contributed by atoms with Crippen LogP contribution in [0.1, 0.15) is 33.7 Å². The standard InChI is InChI=1S/C18H17Cl3N4O3S2/c1-4-25(30(27,28)16-10(2)23-24(3)17(16)21)18(26)14-9-29-15(22-14)8-11-12(19)6-5-7-13(11)20/h5-7,9H,4,8H2,1-3H3. The number of aromatic nitrogens is 3. The molecular weight excluding hydrogens is 491 g/mol. The number of thiazole rings is 1. The highest BCUT2D eigenvalue weighted by Gasteiger charge is 2.35. The van der Waals surface area contributed by atoms with Crippen LogP contribution in [0.3, 0.4) is 0 Å². The second-order valence-electron chi connectivity index (χ2n) is 6.31. The molecule has 0 N–H and O–H groups in total. The first-order chi connectivity index (χ1) is 14.1. The fraction of sp³-hybridized carbons (Fsp3) is 0.278. The first-order valence-electron chi connectivity index (χ1n) is 8.71. The Hall–Kier alpha value is -1.65. The van der Waals surface area contributed by atoms with Gasteiger partial charge in [0, 0.05) is 35.4 Å². The summed E-state index contributed by atoms with van der Waals surface area (Å²) < 4.78 is 28.2. The zero-order chi connectivity index (χ0) is 22.2. The van der Waals surface area contributed by atoms with Crippen LogP contribution in [0.25, 0.3) is 0 Å². The molecule has 160 valence electrons. The third kappa shape index (κ3) is 4.22. The fourth-order valence-corrected chi connectivity index (χ4v) is 6.32. The van der Waals surface area contributed by atoms with Crippen LogP contribution < -0.4 is 0 Å². The van der Waals surface area contributed by atoms with E-state index in [2.05, 4.69) is 10.1 Å². The SMILES string of the molecule is CCN(C(=O)c1csc(Cc2c(Cl)cccc2Cl)n1)S(=O)(=O)c1c(C)nn(C)c1Cl. The molecule has 0 radical (unpaired) electrons. The van der Waals surface area contributed by atoms with E-state index in [9.17, 15) is 13.2 Å². The second-order valence-corrected chi connectivity index (χ2v) is 10.2. The molecule has 30 heavy (non-hydrogen) atoms. The van der Waals surface area contributed by atoms with Gasteiger partial charge in [-0.25, -0.2) is 17.7 Å².